The molecule has 2 aromatic carbocycles. The number of benzene rings is 2. The molecule has 0 saturated carbocycles. The summed E-state index contributed by atoms with van der Waals surface area (Å²) in [6, 6.07) is 18.8. The van der Waals surface area contributed by atoms with Gasteiger partial charge in [0, 0.05) is 30.7 Å². The van der Waals surface area contributed by atoms with E-state index >= 15 is 0 Å². The minimum absolute atomic E-state index is 0.339. The second-order valence-electron chi connectivity index (χ2n) is 4.89. The molecule has 2 nitrogen and oxygen atoms in total. The Hall–Kier alpha value is -1.35. The van der Waals surface area contributed by atoms with E-state index in [0.717, 1.165) is 24.7 Å². The van der Waals surface area contributed by atoms with Crippen molar-refractivity contribution in [1.82, 2.24) is 10.6 Å². The molecule has 1 atom stereocenters. The number of nitrogens with one attached hydrogen (secondary N) is 2. The first-order chi connectivity index (χ1) is 9.75. The van der Waals surface area contributed by atoms with Crippen molar-refractivity contribution in [3.05, 3.63) is 70.7 Å². The minimum atomic E-state index is 0.339. The molecule has 1 unspecified atom stereocenters. The smallest absolute Gasteiger partial charge is 0.0406 e. The molecule has 0 spiro atoms. The van der Waals surface area contributed by atoms with Gasteiger partial charge in [-0.25, -0.2) is 0 Å². The lowest BCUT2D eigenvalue weighted by Crippen LogP contribution is -2.28. The topological polar surface area (TPSA) is 24.1 Å². The van der Waals surface area contributed by atoms with Crippen LogP contribution in [0.3, 0.4) is 0 Å². The van der Waals surface area contributed by atoms with Crippen LogP contribution in [-0.2, 0) is 6.54 Å². The van der Waals surface area contributed by atoms with Gasteiger partial charge >= 0.3 is 0 Å². The fourth-order valence-corrected chi connectivity index (χ4v) is 2.20. The molecule has 0 fully saturated rings. The lowest BCUT2D eigenvalue weighted by atomic mass is 10.1. The van der Waals surface area contributed by atoms with E-state index < -0.39 is 0 Å². The van der Waals surface area contributed by atoms with E-state index in [4.69, 9.17) is 11.6 Å². The van der Waals surface area contributed by atoms with Crippen LogP contribution in [0.25, 0.3) is 0 Å². The Morgan fingerprint density at radius 3 is 2.35 bits per heavy atom. The highest BCUT2D eigenvalue weighted by molar-refractivity contribution is 6.30. The first-order valence-electron chi connectivity index (χ1n) is 6.99. The highest BCUT2D eigenvalue weighted by atomic mass is 35.5. The Morgan fingerprint density at radius 1 is 0.950 bits per heavy atom. The van der Waals surface area contributed by atoms with Gasteiger partial charge in [-0.2, -0.15) is 0 Å². The minimum Gasteiger partial charge on any atom is -0.311 e. The van der Waals surface area contributed by atoms with Crippen LogP contribution >= 0.6 is 11.6 Å². The van der Waals surface area contributed by atoms with Crippen molar-refractivity contribution >= 4 is 11.6 Å². The maximum Gasteiger partial charge on any atom is 0.0406 e. The van der Waals surface area contributed by atoms with Gasteiger partial charge in [-0.3, -0.25) is 0 Å². The van der Waals surface area contributed by atoms with Gasteiger partial charge in [0.05, 0.1) is 0 Å². The van der Waals surface area contributed by atoms with Crippen LogP contribution in [0.15, 0.2) is 54.6 Å². The molecule has 0 saturated heterocycles. The molecule has 3 heteroatoms. The average Bonchev–Trinajstić information content (AvgIpc) is 2.48. The number of halogens is 1. The van der Waals surface area contributed by atoms with Crippen molar-refractivity contribution in [2.24, 2.45) is 0 Å². The molecule has 0 amide bonds. The molecule has 0 aliphatic carbocycles. The Bertz CT molecular complexity index is 496. The molecule has 0 radical (unpaired) electrons. The fraction of sp³-hybridized carbons (Fsp3) is 0.294. The molecule has 0 heterocycles. The van der Waals surface area contributed by atoms with Crippen LogP contribution in [0, 0.1) is 0 Å². The Kier molecular flexibility index (Phi) is 6.06. The van der Waals surface area contributed by atoms with Crippen LogP contribution in [-0.4, -0.2) is 13.1 Å². The average molecular weight is 289 g/mol. The highest BCUT2D eigenvalue weighted by Crippen LogP contribution is 2.15. The van der Waals surface area contributed by atoms with Crippen molar-refractivity contribution < 1.29 is 0 Å². The lowest BCUT2D eigenvalue weighted by Gasteiger charge is -2.14. The molecule has 2 N–H and O–H groups in total. The Labute approximate surface area is 126 Å². The van der Waals surface area contributed by atoms with Gasteiger partial charge < -0.3 is 10.6 Å². The van der Waals surface area contributed by atoms with Gasteiger partial charge in [-0.05, 0) is 30.2 Å². The summed E-state index contributed by atoms with van der Waals surface area (Å²) in [5.41, 5.74) is 2.58. The molecular weight excluding hydrogens is 268 g/mol. The summed E-state index contributed by atoms with van der Waals surface area (Å²) in [7, 11) is 0. The summed E-state index contributed by atoms with van der Waals surface area (Å²) in [5.74, 6) is 0. The summed E-state index contributed by atoms with van der Waals surface area (Å²) in [5, 5.41) is 7.72. The zero-order valence-electron chi connectivity index (χ0n) is 11.8. The third-order valence-electron chi connectivity index (χ3n) is 3.29. The van der Waals surface area contributed by atoms with E-state index in [0.29, 0.717) is 6.04 Å². The van der Waals surface area contributed by atoms with Crippen LogP contribution in [0.4, 0.5) is 0 Å². The van der Waals surface area contributed by atoms with Crippen molar-refractivity contribution in [3.8, 4) is 0 Å². The van der Waals surface area contributed by atoms with Crippen molar-refractivity contribution in [2.75, 3.05) is 13.1 Å². The highest BCUT2D eigenvalue weighted by Gasteiger charge is 2.03. The second kappa shape index (κ2) is 8.05. The van der Waals surface area contributed by atoms with Gasteiger partial charge in [0.2, 0.25) is 0 Å². The molecule has 0 bridgehead atoms. The van der Waals surface area contributed by atoms with E-state index in [1.54, 1.807) is 0 Å². The van der Waals surface area contributed by atoms with E-state index in [9.17, 15) is 0 Å². The van der Waals surface area contributed by atoms with Crippen LogP contribution < -0.4 is 10.6 Å². The Morgan fingerprint density at radius 2 is 1.65 bits per heavy atom. The zero-order chi connectivity index (χ0) is 14.2. The summed E-state index contributed by atoms with van der Waals surface area (Å²) in [6.45, 7) is 4.97. The SMILES string of the molecule is CC(NCCNCc1ccccc1)c1ccc(Cl)cc1. The van der Waals surface area contributed by atoms with Gasteiger partial charge in [-0.1, -0.05) is 54.1 Å². The second-order valence-corrected chi connectivity index (χ2v) is 5.33. The maximum atomic E-state index is 5.89. The molecule has 0 aliphatic heterocycles. The van der Waals surface area contributed by atoms with E-state index in [1.807, 2.05) is 18.2 Å². The first-order valence-corrected chi connectivity index (χ1v) is 7.37. The number of hydrogen-bond acceptors (Lipinski definition) is 2. The lowest BCUT2D eigenvalue weighted by molar-refractivity contribution is 0.545. The van der Waals surface area contributed by atoms with Gasteiger partial charge in [0.25, 0.3) is 0 Å². The molecule has 0 aromatic heterocycles. The molecule has 106 valence electrons. The molecule has 2 aromatic rings. The van der Waals surface area contributed by atoms with Crippen LogP contribution in [0.5, 0.6) is 0 Å². The van der Waals surface area contributed by atoms with Gasteiger partial charge in [0.1, 0.15) is 0 Å². The van der Waals surface area contributed by atoms with Crippen molar-refractivity contribution in [3.63, 3.8) is 0 Å². The summed E-state index contributed by atoms with van der Waals surface area (Å²) >= 11 is 5.89. The fourth-order valence-electron chi connectivity index (χ4n) is 2.07. The molecular formula is C17H21ClN2. The van der Waals surface area contributed by atoms with Gasteiger partial charge in [-0.15, -0.1) is 0 Å². The van der Waals surface area contributed by atoms with E-state index in [2.05, 4.69) is 54.0 Å². The normalized spacial score (nSPS) is 12.3. The third-order valence-corrected chi connectivity index (χ3v) is 3.55. The standard InChI is InChI=1S/C17H21ClN2/c1-14(16-7-9-17(18)10-8-16)20-12-11-19-13-15-5-3-2-4-6-15/h2-10,14,19-20H,11-13H2,1H3. The quantitative estimate of drug-likeness (QED) is 0.758. The first kappa shape index (κ1) is 15.0. The van der Waals surface area contributed by atoms with E-state index in [-0.39, 0.29) is 0 Å². The largest absolute Gasteiger partial charge is 0.311 e. The predicted molar refractivity (Wildman–Crippen MR) is 86.0 cm³/mol. The zero-order valence-corrected chi connectivity index (χ0v) is 12.5. The molecule has 20 heavy (non-hydrogen) atoms. The monoisotopic (exact) mass is 288 g/mol. The summed E-state index contributed by atoms with van der Waals surface area (Å²) in [6.07, 6.45) is 0. The summed E-state index contributed by atoms with van der Waals surface area (Å²) in [4.78, 5) is 0. The summed E-state index contributed by atoms with van der Waals surface area (Å²) < 4.78 is 0. The van der Waals surface area contributed by atoms with Gasteiger partial charge in [0.15, 0.2) is 0 Å². The maximum absolute atomic E-state index is 5.89. The number of hydrogen-bond donors (Lipinski definition) is 2. The Balaban J connectivity index is 1.64. The van der Waals surface area contributed by atoms with Crippen LogP contribution in [0.1, 0.15) is 24.1 Å². The van der Waals surface area contributed by atoms with Crippen molar-refractivity contribution in [2.45, 2.75) is 19.5 Å². The predicted octanol–water partition coefficient (Wildman–Crippen LogP) is 3.78. The molecule has 2 rings (SSSR count). The number of rotatable bonds is 7. The van der Waals surface area contributed by atoms with Crippen molar-refractivity contribution in [1.29, 1.82) is 0 Å². The van der Waals surface area contributed by atoms with Crippen LogP contribution in [0.2, 0.25) is 5.02 Å². The molecule has 0 aliphatic rings. The van der Waals surface area contributed by atoms with E-state index in [1.165, 1.54) is 11.1 Å². The third kappa shape index (κ3) is 4.97.